The minimum Gasteiger partial charge on any atom is -0.359 e. The molecule has 3 nitrogen and oxygen atoms in total. The van der Waals surface area contributed by atoms with Crippen LogP contribution in [0.25, 0.3) is 0 Å². The van der Waals surface area contributed by atoms with Gasteiger partial charge in [0.25, 0.3) is 5.78 Å². The Morgan fingerprint density at radius 2 is 1.79 bits per heavy atom. The number of alkyl halides is 6. The van der Waals surface area contributed by atoms with Crippen LogP contribution in [0.3, 0.4) is 0 Å². The molecular weight excluding hydrogens is 278 g/mol. The smallest absolute Gasteiger partial charge is 0.359 e. The number of hydrogen-bond donors (Lipinski definition) is 1. The van der Waals surface area contributed by atoms with Crippen molar-refractivity contribution >= 4 is 12.0 Å². The highest BCUT2D eigenvalue weighted by Gasteiger charge is 2.47. The molecule has 0 spiro atoms. The molecule has 19 heavy (non-hydrogen) atoms. The van der Waals surface area contributed by atoms with Gasteiger partial charge in [0.1, 0.15) is 11.9 Å². The predicted molar refractivity (Wildman–Crippen MR) is 54.4 cm³/mol. The number of Topliss-reactive ketones (excluding diaryl/α,β-unsaturated/α-hetero) is 1. The molecule has 0 aliphatic carbocycles. The summed E-state index contributed by atoms with van der Waals surface area (Å²) in [5.41, 5.74) is -3.22. The summed E-state index contributed by atoms with van der Waals surface area (Å²) < 4.78 is 74.7. The summed E-state index contributed by atoms with van der Waals surface area (Å²) in [6.45, 7) is 3.08. The number of rotatable bonds is 2. The van der Waals surface area contributed by atoms with E-state index in [1.165, 1.54) is 0 Å². The van der Waals surface area contributed by atoms with Crippen LogP contribution in [0, 0.1) is 5.92 Å². The number of halogens is 6. The Bertz CT molecular complexity index is 432. The first-order valence-electron chi connectivity index (χ1n) is 5.17. The van der Waals surface area contributed by atoms with E-state index < -0.39 is 35.6 Å². The molecule has 0 bridgehead atoms. The number of carbonyl (C=O) groups is 1. The minimum absolute atomic E-state index is 0.333. The standard InChI is InChI=1S/C10H10F6N2O/c1-4(2)8-17-3-5(7(19)10(14,15)16)6(18-8)9(11,12)13/h3-4,8,18H,1-2H3. The molecule has 0 aromatic carbocycles. The first-order chi connectivity index (χ1) is 8.44. The van der Waals surface area contributed by atoms with Gasteiger partial charge in [-0.2, -0.15) is 26.3 Å². The molecule has 1 atom stereocenters. The van der Waals surface area contributed by atoms with E-state index in [1.54, 1.807) is 13.8 Å². The Kier molecular flexibility index (Phi) is 3.97. The van der Waals surface area contributed by atoms with Crippen molar-refractivity contribution in [3.63, 3.8) is 0 Å². The summed E-state index contributed by atoms with van der Waals surface area (Å²) in [5, 5.41) is 1.83. The lowest BCUT2D eigenvalue weighted by atomic mass is 10.0. The van der Waals surface area contributed by atoms with Crippen molar-refractivity contribution in [3.8, 4) is 0 Å². The molecule has 0 radical (unpaired) electrons. The third-order valence-electron chi connectivity index (χ3n) is 2.34. The lowest BCUT2D eigenvalue weighted by Crippen LogP contribution is -2.43. The zero-order valence-corrected chi connectivity index (χ0v) is 9.86. The number of ketones is 1. The molecule has 0 fully saturated rings. The quantitative estimate of drug-likeness (QED) is 0.793. The average molecular weight is 288 g/mol. The number of aliphatic imine (C=N–C) groups is 1. The first-order valence-corrected chi connectivity index (χ1v) is 5.17. The van der Waals surface area contributed by atoms with Crippen LogP contribution in [0.2, 0.25) is 0 Å². The average Bonchev–Trinajstić information content (AvgIpc) is 2.24. The van der Waals surface area contributed by atoms with E-state index in [4.69, 9.17) is 0 Å². The topological polar surface area (TPSA) is 41.5 Å². The summed E-state index contributed by atoms with van der Waals surface area (Å²) in [5.74, 6) is -2.95. The Labute approximate surface area is 104 Å². The maximum Gasteiger partial charge on any atom is 0.455 e. The molecule has 1 aliphatic heterocycles. The van der Waals surface area contributed by atoms with Crippen molar-refractivity contribution < 1.29 is 31.1 Å². The number of hydrogen-bond acceptors (Lipinski definition) is 3. The van der Waals surface area contributed by atoms with Crippen molar-refractivity contribution in [3.05, 3.63) is 11.3 Å². The Balaban J connectivity index is 3.24. The van der Waals surface area contributed by atoms with Crippen LogP contribution >= 0.6 is 0 Å². The Hall–Kier alpha value is -1.54. The summed E-state index contributed by atoms with van der Waals surface area (Å²) >= 11 is 0. The van der Waals surface area contributed by atoms with Crippen molar-refractivity contribution in [2.45, 2.75) is 32.4 Å². The van der Waals surface area contributed by atoms with Crippen LogP contribution in [0.1, 0.15) is 13.8 Å². The van der Waals surface area contributed by atoms with E-state index in [-0.39, 0.29) is 5.92 Å². The van der Waals surface area contributed by atoms with E-state index >= 15 is 0 Å². The second-order valence-corrected chi connectivity index (χ2v) is 4.22. The van der Waals surface area contributed by atoms with Gasteiger partial charge in [-0.05, 0) is 5.92 Å². The molecule has 1 rings (SSSR count). The minimum atomic E-state index is -5.38. The highest BCUT2D eigenvalue weighted by Crippen LogP contribution is 2.32. The number of nitrogens with zero attached hydrogens (tertiary/aromatic N) is 1. The van der Waals surface area contributed by atoms with Crippen molar-refractivity contribution in [2.75, 3.05) is 0 Å². The zero-order chi connectivity index (χ0) is 15.0. The van der Waals surface area contributed by atoms with Gasteiger partial charge in [-0.25, -0.2) is 0 Å². The SMILES string of the molecule is CC(C)C1N=CC(C(=O)C(F)(F)F)=C(C(F)(F)F)N1. The van der Waals surface area contributed by atoms with Crippen molar-refractivity contribution in [1.29, 1.82) is 0 Å². The summed E-state index contributed by atoms with van der Waals surface area (Å²) in [6.07, 6.45) is -11.2. The van der Waals surface area contributed by atoms with Crippen LogP contribution in [0.4, 0.5) is 26.3 Å². The monoisotopic (exact) mass is 288 g/mol. The molecular formula is C10H10F6N2O. The fourth-order valence-corrected chi connectivity index (χ4v) is 1.38. The van der Waals surface area contributed by atoms with Crippen molar-refractivity contribution in [1.82, 2.24) is 5.32 Å². The fourth-order valence-electron chi connectivity index (χ4n) is 1.38. The zero-order valence-electron chi connectivity index (χ0n) is 9.86. The fraction of sp³-hybridized carbons (Fsp3) is 0.600. The van der Waals surface area contributed by atoms with Gasteiger partial charge in [-0.3, -0.25) is 9.79 Å². The van der Waals surface area contributed by atoms with E-state index in [0.29, 0.717) is 6.21 Å². The van der Waals surface area contributed by atoms with Crippen LogP contribution in [-0.4, -0.2) is 30.5 Å². The highest BCUT2D eigenvalue weighted by molar-refractivity contribution is 6.16. The van der Waals surface area contributed by atoms with Gasteiger partial charge in [0.05, 0.1) is 5.57 Å². The van der Waals surface area contributed by atoms with E-state index in [2.05, 4.69) is 4.99 Å². The molecule has 108 valence electrons. The molecule has 1 unspecified atom stereocenters. The molecule has 0 aromatic rings. The summed E-state index contributed by atoms with van der Waals surface area (Å²) in [4.78, 5) is 14.4. The van der Waals surface area contributed by atoms with E-state index in [9.17, 15) is 31.1 Å². The van der Waals surface area contributed by atoms with Crippen LogP contribution in [0.5, 0.6) is 0 Å². The normalized spacial score (nSPS) is 20.8. The number of allylic oxidation sites excluding steroid dienone is 2. The molecule has 9 heteroatoms. The number of nitrogens with one attached hydrogen (secondary N) is 1. The maximum atomic E-state index is 12.7. The predicted octanol–water partition coefficient (Wildman–Crippen LogP) is 2.59. The molecule has 1 aliphatic rings. The molecule has 0 saturated heterocycles. The number of carbonyl (C=O) groups excluding carboxylic acids is 1. The second kappa shape index (κ2) is 4.86. The van der Waals surface area contributed by atoms with Crippen LogP contribution in [0.15, 0.2) is 16.3 Å². The van der Waals surface area contributed by atoms with Gasteiger partial charge < -0.3 is 5.32 Å². The van der Waals surface area contributed by atoms with Gasteiger partial charge in [-0.15, -0.1) is 0 Å². The Morgan fingerprint density at radius 1 is 1.26 bits per heavy atom. The second-order valence-electron chi connectivity index (χ2n) is 4.22. The lowest BCUT2D eigenvalue weighted by molar-refractivity contribution is -0.166. The van der Waals surface area contributed by atoms with Gasteiger partial charge >= 0.3 is 12.4 Å². The molecule has 1 N–H and O–H groups in total. The van der Waals surface area contributed by atoms with E-state index in [1.807, 2.05) is 5.32 Å². The summed E-state index contributed by atoms with van der Waals surface area (Å²) in [7, 11) is 0. The third kappa shape index (κ3) is 3.48. The molecule has 0 saturated carbocycles. The van der Waals surface area contributed by atoms with E-state index in [0.717, 1.165) is 0 Å². The highest BCUT2D eigenvalue weighted by atomic mass is 19.4. The van der Waals surface area contributed by atoms with Gasteiger partial charge in [-0.1, -0.05) is 13.8 Å². The molecule has 0 aromatic heterocycles. The van der Waals surface area contributed by atoms with Gasteiger partial charge in [0.2, 0.25) is 0 Å². The molecule has 0 amide bonds. The largest absolute Gasteiger partial charge is 0.455 e. The summed E-state index contributed by atoms with van der Waals surface area (Å²) in [6, 6.07) is 0. The van der Waals surface area contributed by atoms with Gasteiger partial charge in [0.15, 0.2) is 0 Å². The van der Waals surface area contributed by atoms with Crippen LogP contribution < -0.4 is 5.32 Å². The lowest BCUT2D eigenvalue weighted by Gasteiger charge is -2.27. The maximum absolute atomic E-state index is 12.7. The molecule has 1 heterocycles. The first kappa shape index (κ1) is 15.5. The van der Waals surface area contributed by atoms with Crippen LogP contribution in [-0.2, 0) is 4.79 Å². The van der Waals surface area contributed by atoms with Gasteiger partial charge in [0, 0.05) is 6.21 Å². The third-order valence-corrected chi connectivity index (χ3v) is 2.34. The Morgan fingerprint density at radius 3 is 2.16 bits per heavy atom. The van der Waals surface area contributed by atoms with Crippen molar-refractivity contribution in [2.24, 2.45) is 10.9 Å².